The maximum atomic E-state index is 11.8. The van der Waals surface area contributed by atoms with E-state index in [1.54, 1.807) is 0 Å². The van der Waals surface area contributed by atoms with Gasteiger partial charge >= 0.3 is 11.9 Å². The Morgan fingerprint density at radius 3 is 2.35 bits per heavy atom. The molecule has 5 heteroatoms. The van der Waals surface area contributed by atoms with Gasteiger partial charge in [0.1, 0.15) is 5.75 Å². The Kier molecular flexibility index (Phi) is 4.41. The number of ether oxygens (including phenoxy) is 2. The van der Waals surface area contributed by atoms with E-state index in [2.05, 4.69) is 10.8 Å². The van der Waals surface area contributed by atoms with Crippen LogP contribution in [0.25, 0.3) is 0 Å². The van der Waals surface area contributed by atoms with Crippen LogP contribution in [0.2, 0.25) is 0 Å². The highest BCUT2D eigenvalue weighted by Gasteiger charge is 2.58. The molecule has 140 valence electrons. The summed E-state index contributed by atoms with van der Waals surface area (Å²) in [6.45, 7) is -0.136. The minimum atomic E-state index is -0.724. The number of carboxylic acids is 1. The number of benzene rings is 1. The number of hydrogen-bond acceptors (Lipinski definition) is 4. The Bertz CT molecular complexity index is 682. The molecule has 0 radical (unpaired) electrons. The van der Waals surface area contributed by atoms with E-state index in [-0.39, 0.29) is 18.4 Å². The number of rotatable bonds is 6. The summed E-state index contributed by atoms with van der Waals surface area (Å²) >= 11 is 0. The third-order valence-electron chi connectivity index (χ3n) is 6.99. The van der Waals surface area contributed by atoms with Crippen molar-refractivity contribution in [3.05, 3.63) is 29.8 Å². The summed E-state index contributed by atoms with van der Waals surface area (Å²) in [7, 11) is 1.33. The van der Waals surface area contributed by atoms with Crippen LogP contribution in [0.3, 0.4) is 0 Å². The van der Waals surface area contributed by atoms with Crippen LogP contribution >= 0.6 is 0 Å². The Morgan fingerprint density at radius 1 is 1.12 bits per heavy atom. The standard InChI is InChI=1S/C21H26O5/c1-25-20(24)12-26-18-4-2-3-15(10-18)21(11-19(22)23)16-6-13-5-14(8-16)9-17(21)7-13/h2-4,10,13-14,16-17H,5-9,11-12H2,1H3,(H,22,23). The van der Waals surface area contributed by atoms with Gasteiger partial charge in [-0.25, -0.2) is 4.79 Å². The van der Waals surface area contributed by atoms with Crippen molar-refractivity contribution < 1.29 is 24.2 Å². The third-order valence-corrected chi connectivity index (χ3v) is 6.99. The maximum absolute atomic E-state index is 11.8. The van der Waals surface area contributed by atoms with Gasteiger partial charge in [-0.05, 0) is 73.5 Å². The lowest BCUT2D eigenvalue weighted by molar-refractivity contribution is -0.145. The van der Waals surface area contributed by atoms with Crippen molar-refractivity contribution in [2.45, 2.75) is 43.9 Å². The predicted octanol–water partition coefficient (Wildman–Crippen LogP) is 3.41. The molecule has 0 heterocycles. The number of carbonyl (C=O) groups is 2. The number of esters is 1. The van der Waals surface area contributed by atoms with E-state index in [9.17, 15) is 14.7 Å². The zero-order valence-electron chi connectivity index (χ0n) is 15.1. The van der Waals surface area contributed by atoms with Crippen molar-refractivity contribution in [1.29, 1.82) is 0 Å². The normalized spacial score (nSPS) is 34.5. The molecule has 1 aromatic carbocycles. The highest BCUT2D eigenvalue weighted by molar-refractivity contribution is 5.71. The monoisotopic (exact) mass is 358 g/mol. The number of methoxy groups -OCH3 is 1. The first-order valence-electron chi connectivity index (χ1n) is 9.53. The minimum absolute atomic E-state index is 0.136. The molecule has 4 aliphatic carbocycles. The highest BCUT2D eigenvalue weighted by atomic mass is 16.6. The Hall–Kier alpha value is -2.04. The second-order valence-electron chi connectivity index (χ2n) is 8.31. The molecular formula is C21H26O5. The molecule has 0 aliphatic heterocycles. The van der Waals surface area contributed by atoms with E-state index in [1.165, 1.54) is 13.5 Å². The maximum Gasteiger partial charge on any atom is 0.343 e. The van der Waals surface area contributed by atoms with Crippen molar-refractivity contribution in [2.75, 3.05) is 13.7 Å². The van der Waals surface area contributed by atoms with Gasteiger partial charge in [0.15, 0.2) is 6.61 Å². The van der Waals surface area contributed by atoms with Crippen LogP contribution < -0.4 is 4.74 Å². The summed E-state index contributed by atoms with van der Waals surface area (Å²) in [6.07, 6.45) is 6.10. The topological polar surface area (TPSA) is 72.8 Å². The fourth-order valence-corrected chi connectivity index (χ4v) is 6.21. The van der Waals surface area contributed by atoms with Gasteiger partial charge in [0.2, 0.25) is 0 Å². The molecule has 1 N–H and O–H groups in total. The van der Waals surface area contributed by atoms with Crippen LogP contribution in [0, 0.1) is 23.7 Å². The van der Waals surface area contributed by atoms with Gasteiger partial charge < -0.3 is 14.6 Å². The quantitative estimate of drug-likeness (QED) is 0.789. The van der Waals surface area contributed by atoms with Crippen LogP contribution in [0.5, 0.6) is 5.75 Å². The molecule has 4 aliphatic rings. The zero-order chi connectivity index (χ0) is 18.3. The second kappa shape index (κ2) is 6.60. The highest BCUT2D eigenvalue weighted by Crippen LogP contribution is 2.64. The molecule has 0 aromatic heterocycles. The summed E-state index contributed by atoms with van der Waals surface area (Å²) < 4.78 is 10.2. The van der Waals surface area contributed by atoms with E-state index < -0.39 is 11.9 Å². The van der Waals surface area contributed by atoms with Gasteiger partial charge in [0.05, 0.1) is 13.5 Å². The molecule has 4 fully saturated rings. The summed E-state index contributed by atoms with van der Waals surface area (Å²) in [4.78, 5) is 23.2. The molecule has 4 bridgehead atoms. The minimum Gasteiger partial charge on any atom is -0.482 e. The van der Waals surface area contributed by atoms with Crippen molar-refractivity contribution in [3.8, 4) is 5.75 Å². The average molecular weight is 358 g/mol. The van der Waals surface area contributed by atoms with Crippen LogP contribution in [0.4, 0.5) is 0 Å². The van der Waals surface area contributed by atoms with E-state index in [0.29, 0.717) is 17.6 Å². The van der Waals surface area contributed by atoms with Crippen molar-refractivity contribution in [1.82, 2.24) is 0 Å². The van der Waals surface area contributed by atoms with Crippen LogP contribution in [-0.2, 0) is 19.7 Å². The van der Waals surface area contributed by atoms with Crippen molar-refractivity contribution in [3.63, 3.8) is 0 Å². The number of carboxylic acid groups (broad SMARTS) is 1. The first-order valence-corrected chi connectivity index (χ1v) is 9.53. The lowest BCUT2D eigenvalue weighted by Gasteiger charge is -2.61. The zero-order valence-corrected chi connectivity index (χ0v) is 15.1. The van der Waals surface area contributed by atoms with Gasteiger partial charge in [0.25, 0.3) is 0 Å². The second-order valence-corrected chi connectivity index (χ2v) is 8.31. The number of aliphatic carboxylic acids is 1. The summed E-state index contributed by atoms with van der Waals surface area (Å²) in [5.41, 5.74) is 0.764. The molecule has 1 aromatic rings. The molecule has 0 amide bonds. The van der Waals surface area contributed by atoms with E-state index in [1.807, 2.05) is 18.2 Å². The molecule has 0 spiro atoms. The van der Waals surface area contributed by atoms with Crippen LogP contribution in [0.1, 0.15) is 44.1 Å². The molecule has 0 atom stereocenters. The number of hydrogen-bond donors (Lipinski definition) is 1. The van der Waals surface area contributed by atoms with Crippen molar-refractivity contribution in [2.24, 2.45) is 23.7 Å². The van der Waals surface area contributed by atoms with E-state index in [4.69, 9.17) is 4.74 Å². The average Bonchev–Trinajstić information content (AvgIpc) is 2.62. The molecular weight excluding hydrogens is 332 g/mol. The fraction of sp³-hybridized carbons (Fsp3) is 0.619. The molecule has 0 saturated heterocycles. The van der Waals surface area contributed by atoms with Gasteiger partial charge in [0, 0.05) is 5.41 Å². The first kappa shape index (κ1) is 17.4. The Balaban J connectivity index is 1.67. The third kappa shape index (κ3) is 2.87. The van der Waals surface area contributed by atoms with Gasteiger partial charge in [-0.2, -0.15) is 0 Å². The largest absolute Gasteiger partial charge is 0.482 e. The first-order chi connectivity index (χ1) is 12.5. The lowest BCUT2D eigenvalue weighted by Crippen LogP contribution is -2.56. The van der Waals surface area contributed by atoms with Gasteiger partial charge in [-0.15, -0.1) is 0 Å². The van der Waals surface area contributed by atoms with E-state index in [0.717, 1.165) is 43.1 Å². The molecule has 4 saturated carbocycles. The van der Waals surface area contributed by atoms with Crippen LogP contribution in [0.15, 0.2) is 24.3 Å². The lowest BCUT2D eigenvalue weighted by atomic mass is 9.43. The molecule has 5 nitrogen and oxygen atoms in total. The summed E-state index contributed by atoms with van der Waals surface area (Å²) in [6, 6.07) is 7.73. The van der Waals surface area contributed by atoms with Gasteiger partial charge in [-0.1, -0.05) is 12.1 Å². The summed E-state index contributed by atoms with van der Waals surface area (Å²) in [5, 5.41) is 9.71. The van der Waals surface area contributed by atoms with E-state index >= 15 is 0 Å². The van der Waals surface area contributed by atoms with Crippen LogP contribution in [-0.4, -0.2) is 30.8 Å². The molecule has 26 heavy (non-hydrogen) atoms. The number of carbonyl (C=O) groups excluding carboxylic acids is 1. The fourth-order valence-electron chi connectivity index (χ4n) is 6.21. The SMILES string of the molecule is COC(=O)COc1cccc(C2(CC(=O)O)C3CC4CC(C3)CC2C4)c1. The van der Waals surface area contributed by atoms with Gasteiger partial charge in [-0.3, -0.25) is 4.79 Å². The van der Waals surface area contributed by atoms with Crippen molar-refractivity contribution >= 4 is 11.9 Å². The smallest absolute Gasteiger partial charge is 0.343 e. The Labute approximate surface area is 153 Å². The molecule has 0 unspecified atom stereocenters. The Morgan fingerprint density at radius 2 is 1.77 bits per heavy atom. The molecule has 5 rings (SSSR count). The predicted molar refractivity (Wildman–Crippen MR) is 94.9 cm³/mol. The summed E-state index contributed by atoms with van der Waals surface area (Å²) in [5.74, 6) is 1.88.